The van der Waals surface area contributed by atoms with Gasteiger partial charge in [-0.2, -0.15) is 0 Å². The quantitative estimate of drug-likeness (QED) is 0.186. The van der Waals surface area contributed by atoms with Gasteiger partial charge >= 0.3 is 0 Å². The standard InChI is InChI=1S/C21H15Cl2N5O4S/c22-12-4-8-18(28-33(31,32)14-5-1-11(2-6-14)20(29)27-24)15(9-12)19-25-17-7-3-13(23)10-16(17)21(30)26-19/h1-10,28H,24H2,(H,27,29)(H,25,26,30). The van der Waals surface area contributed by atoms with Crippen molar-refractivity contribution in [2.45, 2.75) is 4.90 Å². The van der Waals surface area contributed by atoms with Crippen molar-refractivity contribution in [2.75, 3.05) is 4.72 Å². The van der Waals surface area contributed by atoms with E-state index < -0.39 is 21.5 Å². The Morgan fingerprint density at radius 2 is 1.64 bits per heavy atom. The number of carbonyl (C=O) groups excluding carboxylic acids is 1. The number of hydrogen-bond donors (Lipinski definition) is 4. The lowest BCUT2D eigenvalue weighted by atomic mass is 10.1. The number of nitrogens with zero attached hydrogens (tertiary/aromatic N) is 1. The molecule has 0 fully saturated rings. The van der Waals surface area contributed by atoms with Gasteiger partial charge in [-0.1, -0.05) is 23.2 Å². The molecule has 0 spiro atoms. The summed E-state index contributed by atoms with van der Waals surface area (Å²) in [7, 11) is -4.06. The van der Waals surface area contributed by atoms with E-state index in [1.165, 1.54) is 48.5 Å². The molecule has 1 aromatic heterocycles. The first-order valence-electron chi connectivity index (χ1n) is 9.31. The van der Waals surface area contributed by atoms with Crippen LogP contribution in [0.5, 0.6) is 0 Å². The molecule has 4 aromatic rings. The maximum Gasteiger partial charge on any atom is 0.265 e. The molecule has 4 rings (SSSR count). The summed E-state index contributed by atoms with van der Waals surface area (Å²) in [6.45, 7) is 0. The molecule has 3 aromatic carbocycles. The number of halogens is 2. The molecule has 33 heavy (non-hydrogen) atoms. The van der Waals surface area contributed by atoms with Crippen molar-refractivity contribution in [1.29, 1.82) is 0 Å². The summed E-state index contributed by atoms with van der Waals surface area (Å²) >= 11 is 12.1. The van der Waals surface area contributed by atoms with E-state index in [1.807, 2.05) is 5.43 Å². The van der Waals surface area contributed by atoms with Crippen molar-refractivity contribution < 1.29 is 13.2 Å². The third-order valence-electron chi connectivity index (χ3n) is 4.71. The summed E-state index contributed by atoms with van der Waals surface area (Å²) < 4.78 is 28.4. The number of nitrogen functional groups attached to an aromatic ring is 1. The fourth-order valence-electron chi connectivity index (χ4n) is 3.11. The molecular weight excluding hydrogens is 489 g/mol. The molecule has 0 aliphatic rings. The molecule has 168 valence electrons. The third-order valence-corrected chi connectivity index (χ3v) is 6.56. The Balaban J connectivity index is 1.76. The number of nitrogens with one attached hydrogen (secondary N) is 3. The first kappa shape index (κ1) is 22.7. The van der Waals surface area contributed by atoms with Gasteiger partial charge in [0.2, 0.25) is 0 Å². The number of anilines is 1. The number of fused-ring (bicyclic) bond motifs is 1. The highest BCUT2D eigenvalue weighted by molar-refractivity contribution is 7.92. The maximum absolute atomic E-state index is 13.0. The van der Waals surface area contributed by atoms with Gasteiger partial charge in [-0.25, -0.2) is 19.2 Å². The summed E-state index contributed by atoms with van der Waals surface area (Å²) in [5.41, 5.74) is 2.50. The highest BCUT2D eigenvalue weighted by atomic mass is 35.5. The Labute approximate surface area is 197 Å². The number of amides is 1. The zero-order valence-electron chi connectivity index (χ0n) is 16.6. The fraction of sp³-hybridized carbons (Fsp3) is 0. The van der Waals surface area contributed by atoms with E-state index in [1.54, 1.807) is 12.1 Å². The van der Waals surface area contributed by atoms with E-state index in [2.05, 4.69) is 14.7 Å². The predicted molar refractivity (Wildman–Crippen MR) is 127 cm³/mol. The summed E-state index contributed by atoms with van der Waals surface area (Å²) in [5.74, 6) is 4.65. The molecule has 0 aliphatic heterocycles. The number of carbonyl (C=O) groups is 1. The normalized spacial score (nSPS) is 11.4. The minimum Gasteiger partial charge on any atom is -0.306 e. The summed E-state index contributed by atoms with van der Waals surface area (Å²) in [6, 6.07) is 14.3. The molecule has 0 radical (unpaired) electrons. The molecule has 0 saturated carbocycles. The smallest absolute Gasteiger partial charge is 0.265 e. The van der Waals surface area contributed by atoms with E-state index in [0.29, 0.717) is 15.6 Å². The van der Waals surface area contributed by atoms with Crippen molar-refractivity contribution >= 4 is 55.7 Å². The van der Waals surface area contributed by atoms with E-state index in [9.17, 15) is 18.0 Å². The minimum absolute atomic E-state index is 0.0911. The van der Waals surface area contributed by atoms with Gasteiger partial charge in [0.15, 0.2) is 0 Å². The van der Waals surface area contributed by atoms with Crippen LogP contribution in [0.1, 0.15) is 10.4 Å². The first-order valence-corrected chi connectivity index (χ1v) is 11.6. The van der Waals surface area contributed by atoms with E-state index >= 15 is 0 Å². The molecule has 0 aliphatic carbocycles. The van der Waals surface area contributed by atoms with Gasteiger partial charge in [0.25, 0.3) is 21.5 Å². The number of rotatable bonds is 5. The predicted octanol–water partition coefficient (Wildman–Crippen LogP) is 3.30. The van der Waals surface area contributed by atoms with Crippen LogP contribution in [-0.4, -0.2) is 24.3 Å². The molecule has 5 N–H and O–H groups in total. The summed E-state index contributed by atoms with van der Waals surface area (Å²) in [4.78, 5) is 31.1. The lowest BCUT2D eigenvalue weighted by Gasteiger charge is -2.13. The Morgan fingerprint density at radius 3 is 2.33 bits per heavy atom. The molecule has 0 unspecified atom stereocenters. The van der Waals surface area contributed by atoms with Gasteiger partial charge in [-0.05, 0) is 60.7 Å². The molecule has 1 heterocycles. The van der Waals surface area contributed by atoms with Crippen molar-refractivity contribution in [3.05, 3.63) is 86.6 Å². The van der Waals surface area contributed by atoms with E-state index in [-0.39, 0.29) is 32.9 Å². The molecule has 12 heteroatoms. The first-order chi connectivity index (χ1) is 15.7. The Bertz CT molecular complexity index is 1550. The average molecular weight is 504 g/mol. The molecule has 0 bridgehead atoms. The van der Waals surface area contributed by atoms with Crippen LogP contribution in [0.25, 0.3) is 22.3 Å². The van der Waals surface area contributed by atoms with Crippen LogP contribution in [0, 0.1) is 0 Å². The monoisotopic (exact) mass is 503 g/mol. The second-order valence-electron chi connectivity index (χ2n) is 6.87. The summed E-state index contributed by atoms with van der Waals surface area (Å²) in [5, 5.41) is 0.981. The summed E-state index contributed by atoms with van der Waals surface area (Å²) in [6.07, 6.45) is 0. The Hall–Kier alpha value is -3.44. The highest BCUT2D eigenvalue weighted by Crippen LogP contribution is 2.31. The molecule has 1 amide bonds. The fourth-order valence-corrected chi connectivity index (χ4v) is 4.54. The highest BCUT2D eigenvalue weighted by Gasteiger charge is 2.19. The zero-order chi connectivity index (χ0) is 23.8. The zero-order valence-corrected chi connectivity index (χ0v) is 18.9. The average Bonchev–Trinajstić information content (AvgIpc) is 2.80. The van der Waals surface area contributed by atoms with Gasteiger partial charge in [0.05, 0.1) is 21.5 Å². The van der Waals surface area contributed by atoms with Gasteiger partial charge in [-0.3, -0.25) is 19.7 Å². The third kappa shape index (κ3) is 4.69. The lowest BCUT2D eigenvalue weighted by Crippen LogP contribution is -2.29. The number of hydrogen-bond acceptors (Lipinski definition) is 6. The number of sulfonamides is 1. The van der Waals surface area contributed by atoms with Crippen molar-refractivity contribution in [3.63, 3.8) is 0 Å². The van der Waals surface area contributed by atoms with E-state index in [4.69, 9.17) is 29.0 Å². The van der Waals surface area contributed by atoms with Crippen LogP contribution in [0.2, 0.25) is 10.0 Å². The molecular formula is C21H15Cl2N5O4S. The van der Waals surface area contributed by atoms with Gasteiger partial charge in [0.1, 0.15) is 5.82 Å². The SMILES string of the molecule is NNC(=O)c1ccc(S(=O)(=O)Nc2ccc(Cl)cc2-c2nc3ccc(Cl)cc3c(=O)[nH]2)cc1. The van der Waals surface area contributed by atoms with Crippen molar-refractivity contribution in [1.82, 2.24) is 15.4 Å². The van der Waals surface area contributed by atoms with Crippen molar-refractivity contribution in [3.8, 4) is 11.4 Å². The van der Waals surface area contributed by atoms with Crippen LogP contribution in [0.3, 0.4) is 0 Å². The second kappa shape index (κ2) is 8.83. The van der Waals surface area contributed by atoms with Gasteiger partial charge in [0, 0.05) is 21.2 Å². The number of H-pyrrole nitrogens is 1. The number of hydrazine groups is 1. The van der Waals surface area contributed by atoms with Crippen LogP contribution < -0.4 is 21.5 Å². The second-order valence-corrected chi connectivity index (χ2v) is 9.42. The number of aromatic amines is 1. The molecule has 9 nitrogen and oxygen atoms in total. The van der Waals surface area contributed by atoms with Gasteiger partial charge in [-0.15, -0.1) is 0 Å². The Kier molecular flexibility index (Phi) is 6.09. The maximum atomic E-state index is 13.0. The van der Waals surface area contributed by atoms with Crippen molar-refractivity contribution in [2.24, 2.45) is 5.84 Å². The number of aromatic nitrogens is 2. The molecule has 0 atom stereocenters. The van der Waals surface area contributed by atoms with Crippen LogP contribution in [0.4, 0.5) is 5.69 Å². The van der Waals surface area contributed by atoms with E-state index in [0.717, 1.165) is 0 Å². The van der Waals surface area contributed by atoms with Crippen LogP contribution in [0.15, 0.2) is 70.4 Å². The largest absolute Gasteiger partial charge is 0.306 e. The number of nitrogens with two attached hydrogens (primary N) is 1. The Morgan fingerprint density at radius 1 is 0.970 bits per heavy atom. The van der Waals surface area contributed by atoms with Gasteiger partial charge < -0.3 is 4.98 Å². The number of benzene rings is 3. The minimum atomic E-state index is -4.06. The van der Waals surface area contributed by atoms with Crippen LogP contribution in [-0.2, 0) is 10.0 Å². The van der Waals surface area contributed by atoms with Crippen LogP contribution >= 0.6 is 23.2 Å². The molecule has 0 saturated heterocycles. The topological polar surface area (TPSA) is 147 Å². The lowest BCUT2D eigenvalue weighted by molar-refractivity contribution is 0.0953.